The molecule has 92 valence electrons. The van der Waals surface area contributed by atoms with Crippen LogP contribution >= 0.6 is 11.3 Å². The summed E-state index contributed by atoms with van der Waals surface area (Å²) in [6.07, 6.45) is 0. The molecule has 0 saturated heterocycles. The molecule has 1 aromatic rings. The van der Waals surface area contributed by atoms with E-state index in [0.717, 1.165) is 11.3 Å². The number of carboxylic acid groups (broad SMARTS) is 1. The SMILES string of the molecule is CC(C#N)S(=O)(=O)NC(C(=O)O)c1cccs1. The van der Waals surface area contributed by atoms with E-state index in [2.05, 4.69) is 0 Å². The lowest BCUT2D eigenvalue weighted by molar-refractivity contribution is -0.139. The fourth-order valence-electron chi connectivity index (χ4n) is 1.02. The molecule has 0 aliphatic carbocycles. The third-order valence-corrected chi connectivity index (χ3v) is 4.54. The number of carboxylic acids is 1. The van der Waals surface area contributed by atoms with Gasteiger partial charge in [-0.25, -0.2) is 8.42 Å². The van der Waals surface area contributed by atoms with Gasteiger partial charge in [-0.15, -0.1) is 11.3 Å². The van der Waals surface area contributed by atoms with E-state index in [1.165, 1.54) is 13.0 Å². The van der Waals surface area contributed by atoms with Crippen LogP contribution in [0.5, 0.6) is 0 Å². The van der Waals surface area contributed by atoms with Crippen LogP contribution in [0.3, 0.4) is 0 Å². The van der Waals surface area contributed by atoms with Gasteiger partial charge in [-0.1, -0.05) is 6.07 Å². The quantitative estimate of drug-likeness (QED) is 0.822. The number of hydrogen-bond donors (Lipinski definition) is 2. The normalized spacial score (nSPS) is 14.8. The molecule has 1 aromatic heterocycles. The molecule has 2 atom stereocenters. The van der Waals surface area contributed by atoms with Crippen molar-refractivity contribution in [3.05, 3.63) is 22.4 Å². The first-order valence-electron chi connectivity index (χ1n) is 4.55. The highest BCUT2D eigenvalue weighted by Gasteiger charge is 2.30. The molecule has 1 rings (SSSR count). The smallest absolute Gasteiger partial charge is 0.327 e. The maximum Gasteiger partial charge on any atom is 0.327 e. The van der Waals surface area contributed by atoms with Crippen molar-refractivity contribution < 1.29 is 18.3 Å². The third kappa shape index (κ3) is 3.26. The van der Waals surface area contributed by atoms with E-state index in [0.29, 0.717) is 4.88 Å². The van der Waals surface area contributed by atoms with E-state index in [-0.39, 0.29) is 0 Å². The summed E-state index contributed by atoms with van der Waals surface area (Å²) in [5, 5.41) is 17.8. The van der Waals surface area contributed by atoms with Gasteiger partial charge in [0.05, 0.1) is 6.07 Å². The molecule has 0 aromatic carbocycles. The number of hydrogen-bond acceptors (Lipinski definition) is 5. The monoisotopic (exact) mass is 274 g/mol. The van der Waals surface area contributed by atoms with E-state index < -0.39 is 27.3 Å². The van der Waals surface area contributed by atoms with Gasteiger partial charge in [0.25, 0.3) is 0 Å². The van der Waals surface area contributed by atoms with E-state index in [1.54, 1.807) is 17.5 Å². The zero-order valence-electron chi connectivity index (χ0n) is 8.82. The lowest BCUT2D eigenvalue weighted by Gasteiger charge is -2.14. The Morgan fingerprint density at radius 2 is 2.29 bits per heavy atom. The Labute approximate surface area is 103 Å². The number of aliphatic carboxylic acids is 1. The van der Waals surface area contributed by atoms with E-state index in [4.69, 9.17) is 10.4 Å². The Morgan fingerprint density at radius 3 is 2.71 bits per heavy atom. The van der Waals surface area contributed by atoms with Crippen LogP contribution in [-0.4, -0.2) is 24.7 Å². The molecule has 0 spiro atoms. The second-order valence-electron chi connectivity index (χ2n) is 3.22. The molecule has 0 bridgehead atoms. The predicted molar refractivity (Wildman–Crippen MR) is 61.8 cm³/mol. The van der Waals surface area contributed by atoms with Gasteiger partial charge in [-0.3, -0.25) is 4.79 Å². The molecular weight excluding hydrogens is 264 g/mol. The van der Waals surface area contributed by atoms with E-state index in [9.17, 15) is 13.2 Å². The summed E-state index contributed by atoms with van der Waals surface area (Å²) in [7, 11) is -3.97. The van der Waals surface area contributed by atoms with Crippen molar-refractivity contribution in [2.75, 3.05) is 0 Å². The van der Waals surface area contributed by atoms with Crippen LogP contribution in [0.25, 0.3) is 0 Å². The van der Waals surface area contributed by atoms with Crippen LogP contribution in [-0.2, 0) is 14.8 Å². The van der Waals surface area contributed by atoms with Crippen LogP contribution in [0.1, 0.15) is 17.8 Å². The highest BCUT2D eigenvalue weighted by atomic mass is 32.2. The fourth-order valence-corrected chi connectivity index (χ4v) is 2.76. The highest BCUT2D eigenvalue weighted by Crippen LogP contribution is 2.20. The Bertz CT molecular complexity index is 530. The zero-order chi connectivity index (χ0) is 13.1. The first kappa shape index (κ1) is 13.6. The minimum absolute atomic E-state index is 0.367. The average Bonchev–Trinajstić information content (AvgIpc) is 2.77. The van der Waals surface area contributed by atoms with Gasteiger partial charge in [0.1, 0.15) is 0 Å². The van der Waals surface area contributed by atoms with Gasteiger partial charge in [0, 0.05) is 4.88 Å². The van der Waals surface area contributed by atoms with Crippen molar-refractivity contribution in [3.63, 3.8) is 0 Å². The topological polar surface area (TPSA) is 107 Å². The van der Waals surface area contributed by atoms with E-state index in [1.807, 2.05) is 4.72 Å². The molecule has 8 heteroatoms. The molecule has 17 heavy (non-hydrogen) atoms. The summed E-state index contributed by atoms with van der Waals surface area (Å²) in [6.45, 7) is 1.19. The number of rotatable bonds is 5. The van der Waals surface area contributed by atoms with Crippen molar-refractivity contribution >= 4 is 27.3 Å². The Morgan fingerprint density at radius 1 is 1.65 bits per heavy atom. The summed E-state index contributed by atoms with van der Waals surface area (Å²) in [5.41, 5.74) is 0. The lowest BCUT2D eigenvalue weighted by atomic mass is 10.3. The van der Waals surface area contributed by atoms with Crippen molar-refractivity contribution in [2.45, 2.75) is 18.2 Å². The molecule has 0 amide bonds. The summed E-state index contributed by atoms with van der Waals surface area (Å²) in [6, 6.07) is 3.34. The van der Waals surface area contributed by atoms with Gasteiger partial charge in [0.15, 0.2) is 11.3 Å². The fraction of sp³-hybridized carbons (Fsp3) is 0.333. The maximum atomic E-state index is 11.6. The molecule has 0 saturated carbocycles. The van der Waals surface area contributed by atoms with Crippen LogP contribution in [0.15, 0.2) is 17.5 Å². The molecule has 2 N–H and O–H groups in total. The van der Waals surface area contributed by atoms with Crippen molar-refractivity contribution in [3.8, 4) is 6.07 Å². The van der Waals surface area contributed by atoms with Crippen LogP contribution in [0, 0.1) is 11.3 Å². The molecule has 0 fully saturated rings. The first-order valence-corrected chi connectivity index (χ1v) is 6.98. The maximum absolute atomic E-state index is 11.6. The van der Waals surface area contributed by atoms with Gasteiger partial charge in [0.2, 0.25) is 10.0 Å². The minimum Gasteiger partial charge on any atom is -0.480 e. The number of sulfonamides is 1. The van der Waals surface area contributed by atoms with Crippen molar-refractivity contribution in [2.24, 2.45) is 0 Å². The molecule has 0 radical (unpaired) electrons. The highest BCUT2D eigenvalue weighted by molar-refractivity contribution is 7.90. The molecule has 0 aliphatic rings. The number of nitrogens with one attached hydrogen (secondary N) is 1. The third-order valence-electron chi connectivity index (χ3n) is 2.00. The molecule has 0 aliphatic heterocycles. The Hall–Kier alpha value is -1.43. The van der Waals surface area contributed by atoms with Crippen molar-refractivity contribution in [1.82, 2.24) is 4.72 Å². The lowest BCUT2D eigenvalue weighted by Crippen LogP contribution is -2.38. The number of nitriles is 1. The molecule has 2 unspecified atom stereocenters. The predicted octanol–water partition coefficient (Wildman–Crippen LogP) is 0.705. The second-order valence-corrected chi connectivity index (χ2v) is 6.23. The van der Waals surface area contributed by atoms with Gasteiger partial charge >= 0.3 is 5.97 Å². The zero-order valence-corrected chi connectivity index (χ0v) is 10.5. The standard InChI is InChI=1S/C9H10N2O4S2/c1-6(5-10)17(14,15)11-8(9(12)13)7-3-2-4-16-7/h2-4,6,8,11H,1H3,(H,12,13). The summed E-state index contributed by atoms with van der Waals surface area (Å²) in [5.74, 6) is -1.30. The van der Waals surface area contributed by atoms with Crippen molar-refractivity contribution in [1.29, 1.82) is 5.26 Å². The summed E-state index contributed by atoms with van der Waals surface area (Å²) < 4.78 is 25.2. The van der Waals surface area contributed by atoms with E-state index >= 15 is 0 Å². The Balaban J connectivity index is 2.98. The number of nitrogens with zero attached hydrogens (tertiary/aromatic N) is 1. The average molecular weight is 274 g/mol. The van der Waals surface area contributed by atoms with Crippen LogP contribution in [0.2, 0.25) is 0 Å². The first-order chi connectivity index (χ1) is 7.88. The largest absolute Gasteiger partial charge is 0.480 e. The molecular formula is C9H10N2O4S2. The van der Waals surface area contributed by atoms with Gasteiger partial charge in [-0.05, 0) is 18.4 Å². The Kier molecular flexibility index (Phi) is 4.22. The molecule has 1 heterocycles. The number of thiophene rings is 1. The van der Waals surface area contributed by atoms with Crippen LogP contribution < -0.4 is 4.72 Å². The second kappa shape index (κ2) is 5.27. The summed E-state index contributed by atoms with van der Waals surface area (Å²) >= 11 is 1.13. The van der Waals surface area contributed by atoms with Gasteiger partial charge in [-0.2, -0.15) is 9.98 Å². The number of carbonyl (C=O) groups is 1. The molecule has 6 nitrogen and oxygen atoms in total. The van der Waals surface area contributed by atoms with Gasteiger partial charge < -0.3 is 5.11 Å². The minimum atomic E-state index is -3.97. The van der Waals surface area contributed by atoms with Crippen LogP contribution in [0.4, 0.5) is 0 Å². The summed E-state index contributed by atoms with van der Waals surface area (Å²) in [4.78, 5) is 11.4.